The van der Waals surface area contributed by atoms with Gasteiger partial charge in [0.15, 0.2) is 0 Å². The van der Waals surface area contributed by atoms with E-state index in [-0.39, 0.29) is 5.56 Å². The van der Waals surface area contributed by atoms with Gasteiger partial charge in [0.2, 0.25) is 5.60 Å². The first-order chi connectivity index (χ1) is 10.5. The number of carbonyl (C=O) groups is 1. The minimum atomic E-state index is -2.09. The summed E-state index contributed by atoms with van der Waals surface area (Å²) in [5.74, 6) is -0.242. The number of rotatable bonds is 2. The first-order valence-electron chi connectivity index (χ1n) is 6.92. The Morgan fingerprint density at radius 2 is 1.77 bits per heavy atom. The third kappa shape index (κ3) is 1.83. The molecule has 0 radical (unpaired) electrons. The quantitative estimate of drug-likeness (QED) is 0.883. The molecule has 5 heteroatoms. The van der Waals surface area contributed by atoms with Gasteiger partial charge in [-0.25, -0.2) is 0 Å². The van der Waals surface area contributed by atoms with Gasteiger partial charge in [-0.05, 0) is 12.1 Å². The molecule has 2 aromatic rings. The van der Waals surface area contributed by atoms with Crippen LogP contribution in [0.3, 0.4) is 0 Å². The number of hydrogen-bond donors (Lipinski definition) is 2. The number of likely N-dealkylation sites (N-methyl/N-ethyl adjacent to an activating group) is 1. The Kier molecular flexibility index (Phi) is 3.39. The Morgan fingerprint density at radius 1 is 1.14 bits per heavy atom. The number of aliphatic hydroxyl groups excluding tert-OH is 1. The van der Waals surface area contributed by atoms with E-state index in [2.05, 4.69) is 0 Å². The van der Waals surface area contributed by atoms with Crippen LogP contribution in [-0.4, -0.2) is 30.3 Å². The van der Waals surface area contributed by atoms with E-state index in [9.17, 15) is 15.0 Å². The van der Waals surface area contributed by atoms with Crippen LogP contribution in [0.2, 0.25) is 0 Å². The lowest BCUT2D eigenvalue weighted by atomic mass is 9.79. The van der Waals surface area contributed by atoms with Crippen molar-refractivity contribution in [2.24, 2.45) is 0 Å². The van der Waals surface area contributed by atoms with Gasteiger partial charge in [-0.3, -0.25) is 4.79 Å². The molecular formula is C17H17NO4. The average molecular weight is 299 g/mol. The zero-order chi connectivity index (χ0) is 15.9. The third-order valence-corrected chi connectivity index (χ3v) is 4.14. The summed E-state index contributed by atoms with van der Waals surface area (Å²) in [7, 11) is 3.03. The molecule has 5 nitrogen and oxygen atoms in total. The normalized spacial score (nSPS) is 24.1. The van der Waals surface area contributed by atoms with Crippen LogP contribution >= 0.6 is 0 Å². The average Bonchev–Trinajstić information content (AvgIpc) is 2.58. The highest BCUT2D eigenvalue weighted by atomic mass is 16.5. The molecule has 0 saturated carbocycles. The Hall–Kier alpha value is -2.37. The topological polar surface area (TPSA) is 70.0 Å². The van der Waals surface area contributed by atoms with E-state index in [4.69, 9.17) is 4.74 Å². The number of amides is 1. The van der Waals surface area contributed by atoms with E-state index in [1.165, 1.54) is 12.0 Å². The summed E-state index contributed by atoms with van der Waals surface area (Å²) >= 11 is 0. The first-order valence-corrected chi connectivity index (χ1v) is 6.92. The smallest absolute Gasteiger partial charge is 0.266 e. The Labute approximate surface area is 128 Å². The van der Waals surface area contributed by atoms with Crippen LogP contribution in [0.15, 0.2) is 48.5 Å². The second-order valence-corrected chi connectivity index (χ2v) is 5.29. The molecule has 1 aliphatic rings. The molecule has 0 bridgehead atoms. The van der Waals surface area contributed by atoms with Crippen LogP contribution in [0, 0.1) is 0 Å². The van der Waals surface area contributed by atoms with Gasteiger partial charge in [0.25, 0.3) is 5.91 Å². The third-order valence-electron chi connectivity index (χ3n) is 4.14. The molecule has 0 fully saturated rings. The summed E-state index contributed by atoms with van der Waals surface area (Å²) in [5.41, 5.74) is -0.760. The lowest BCUT2D eigenvalue weighted by molar-refractivity contribution is -0.154. The van der Waals surface area contributed by atoms with Gasteiger partial charge in [0.05, 0.1) is 7.11 Å². The molecule has 2 atom stereocenters. The van der Waals surface area contributed by atoms with Gasteiger partial charge < -0.3 is 19.8 Å². The minimum Gasteiger partial charge on any atom is -0.496 e. The summed E-state index contributed by atoms with van der Waals surface area (Å²) in [4.78, 5) is 14.1. The number of para-hydroxylation sites is 2. The van der Waals surface area contributed by atoms with Gasteiger partial charge in [0.1, 0.15) is 11.9 Å². The molecule has 0 aliphatic carbocycles. The molecule has 114 valence electrons. The molecule has 2 aromatic carbocycles. The number of benzene rings is 2. The van der Waals surface area contributed by atoms with Crippen molar-refractivity contribution in [1.82, 2.24) is 0 Å². The molecule has 3 rings (SSSR count). The van der Waals surface area contributed by atoms with Gasteiger partial charge >= 0.3 is 0 Å². The summed E-state index contributed by atoms with van der Waals surface area (Å²) in [5, 5.41) is 21.8. The number of carbonyl (C=O) groups excluding carboxylic acids is 1. The van der Waals surface area contributed by atoms with Crippen molar-refractivity contribution in [3.63, 3.8) is 0 Å². The van der Waals surface area contributed by atoms with Crippen molar-refractivity contribution in [2.45, 2.75) is 11.7 Å². The molecule has 0 aromatic heterocycles. The van der Waals surface area contributed by atoms with Crippen molar-refractivity contribution < 1.29 is 19.7 Å². The number of ether oxygens (including phenoxy) is 1. The van der Waals surface area contributed by atoms with E-state index in [1.54, 1.807) is 55.6 Å². The van der Waals surface area contributed by atoms with Crippen molar-refractivity contribution >= 4 is 11.6 Å². The maximum Gasteiger partial charge on any atom is 0.266 e. The number of hydrogen-bond acceptors (Lipinski definition) is 4. The highest BCUT2D eigenvalue weighted by Gasteiger charge is 2.53. The van der Waals surface area contributed by atoms with Crippen molar-refractivity contribution in [3.05, 3.63) is 59.7 Å². The van der Waals surface area contributed by atoms with E-state index < -0.39 is 17.6 Å². The second kappa shape index (κ2) is 5.12. The molecule has 1 aliphatic heterocycles. The Morgan fingerprint density at radius 3 is 2.50 bits per heavy atom. The largest absolute Gasteiger partial charge is 0.496 e. The van der Waals surface area contributed by atoms with Crippen LogP contribution in [0.25, 0.3) is 0 Å². The van der Waals surface area contributed by atoms with E-state index in [0.29, 0.717) is 17.0 Å². The fourth-order valence-electron chi connectivity index (χ4n) is 2.95. The Balaban J connectivity index is 2.24. The van der Waals surface area contributed by atoms with Gasteiger partial charge in [-0.2, -0.15) is 0 Å². The molecule has 22 heavy (non-hydrogen) atoms. The molecule has 2 unspecified atom stereocenters. The van der Waals surface area contributed by atoms with Crippen LogP contribution in [0.1, 0.15) is 17.2 Å². The van der Waals surface area contributed by atoms with Crippen molar-refractivity contribution in [3.8, 4) is 5.75 Å². The van der Waals surface area contributed by atoms with Crippen LogP contribution in [0.4, 0.5) is 5.69 Å². The lowest BCUT2D eigenvalue weighted by Crippen LogP contribution is -2.53. The predicted octanol–water partition coefficient (Wildman–Crippen LogP) is 1.59. The van der Waals surface area contributed by atoms with Crippen LogP contribution in [0.5, 0.6) is 5.75 Å². The molecule has 1 amide bonds. The standard InChI is InChI=1S/C17H17NO4/c1-18-13-9-5-3-7-11(13)15(19)17(21,16(18)20)12-8-4-6-10-14(12)22-2/h3-10,15,19,21H,1-2H3. The molecule has 2 N–H and O–H groups in total. The fraction of sp³-hybridized carbons (Fsp3) is 0.235. The van der Waals surface area contributed by atoms with Gasteiger partial charge in [-0.15, -0.1) is 0 Å². The van der Waals surface area contributed by atoms with Crippen molar-refractivity contribution in [1.29, 1.82) is 0 Å². The zero-order valence-electron chi connectivity index (χ0n) is 12.4. The number of methoxy groups -OCH3 is 1. The minimum absolute atomic E-state index is 0.247. The van der Waals surface area contributed by atoms with E-state index >= 15 is 0 Å². The first kappa shape index (κ1) is 14.6. The summed E-state index contributed by atoms with van der Waals surface area (Å²) in [6.07, 6.45) is -1.37. The fourth-order valence-corrected chi connectivity index (χ4v) is 2.95. The summed E-state index contributed by atoms with van der Waals surface area (Å²) in [6, 6.07) is 13.6. The lowest BCUT2D eigenvalue weighted by Gasteiger charge is -2.41. The zero-order valence-corrected chi connectivity index (χ0v) is 12.4. The molecular weight excluding hydrogens is 282 g/mol. The molecule has 0 saturated heterocycles. The predicted molar refractivity (Wildman–Crippen MR) is 81.7 cm³/mol. The Bertz CT molecular complexity index is 730. The van der Waals surface area contributed by atoms with Gasteiger partial charge in [-0.1, -0.05) is 36.4 Å². The highest BCUT2D eigenvalue weighted by molar-refractivity contribution is 6.03. The monoisotopic (exact) mass is 299 g/mol. The maximum atomic E-state index is 12.7. The molecule has 1 heterocycles. The van der Waals surface area contributed by atoms with E-state index in [0.717, 1.165) is 0 Å². The number of fused-ring (bicyclic) bond motifs is 1. The molecule has 0 spiro atoms. The second-order valence-electron chi connectivity index (χ2n) is 5.29. The summed E-state index contributed by atoms with van der Waals surface area (Å²) < 4.78 is 5.24. The van der Waals surface area contributed by atoms with Crippen molar-refractivity contribution in [2.75, 3.05) is 19.1 Å². The van der Waals surface area contributed by atoms with Crippen LogP contribution < -0.4 is 9.64 Å². The van der Waals surface area contributed by atoms with E-state index in [1.807, 2.05) is 0 Å². The number of anilines is 1. The van der Waals surface area contributed by atoms with Crippen LogP contribution in [-0.2, 0) is 10.4 Å². The summed E-state index contributed by atoms with van der Waals surface area (Å²) in [6.45, 7) is 0. The van der Waals surface area contributed by atoms with Gasteiger partial charge in [0, 0.05) is 23.9 Å². The maximum absolute atomic E-state index is 12.7. The number of aliphatic hydroxyl groups is 2. The highest BCUT2D eigenvalue weighted by Crippen LogP contribution is 2.47. The number of nitrogens with zero attached hydrogens (tertiary/aromatic N) is 1. The SMILES string of the molecule is COc1ccccc1C1(O)C(=O)N(C)c2ccccc2C1O.